The molecule has 158 valence electrons. The summed E-state index contributed by atoms with van der Waals surface area (Å²) in [5, 5.41) is 20.4. The van der Waals surface area contributed by atoms with Crippen molar-refractivity contribution in [3.63, 3.8) is 0 Å². The van der Waals surface area contributed by atoms with Gasteiger partial charge in [0.2, 0.25) is 0 Å². The van der Waals surface area contributed by atoms with Crippen LogP contribution in [-0.4, -0.2) is 30.8 Å². The van der Waals surface area contributed by atoms with Crippen LogP contribution in [0.25, 0.3) is 11.1 Å². The summed E-state index contributed by atoms with van der Waals surface area (Å²) >= 11 is 0. The molecule has 0 saturated heterocycles. The predicted molar refractivity (Wildman–Crippen MR) is 129 cm³/mol. The fraction of sp³-hybridized carbons (Fsp3) is 0.333. The number of anilines is 1. The number of likely N-dealkylation sites (N-methyl/N-ethyl adjacent to an activating group) is 1. The maximum Gasteiger partial charge on any atom is 0.488 e. The summed E-state index contributed by atoms with van der Waals surface area (Å²) in [4.78, 5) is 2.33. The Morgan fingerprint density at radius 2 is 1.48 bits per heavy atom. The molecule has 0 aromatic heterocycles. The molecule has 2 N–H and O–H groups in total. The molecule has 0 unspecified atom stereocenters. The van der Waals surface area contributed by atoms with E-state index in [4.69, 9.17) is 0 Å². The summed E-state index contributed by atoms with van der Waals surface area (Å²) in [5.74, 6) is 0. The molecule has 3 aromatic rings. The number of hydrogen-bond donors (Lipinski definition) is 2. The standard InChI is InChI=1S/C27H30BNO2/c1-26(2)21-11-6-7-12-22(21)27(3,4)24-20(15-18(28(30)31)16-23(24)26)19-10-8-9-17-13-14-29(5)25(17)19/h6-12,15-16,30-31H,13-14H2,1-5H3. The van der Waals surface area contributed by atoms with Crippen molar-refractivity contribution in [3.8, 4) is 11.1 Å². The Kier molecular flexibility index (Phi) is 4.41. The maximum atomic E-state index is 10.2. The van der Waals surface area contributed by atoms with E-state index in [0.717, 1.165) is 18.5 Å². The molecule has 0 atom stereocenters. The highest BCUT2D eigenvalue weighted by Gasteiger charge is 2.44. The lowest BCUT2D eigenvalue weighted by atomic mass is 9.57. The van der Waals surface area contributed by atoms with Crippen LogP contribution < -0.4 is 10.4 Å². The predicted octanol–water partition coefficient (Wildman–Crippen LogP) is 3.99. The molecule has 3 aromatic carbocycles. The second-order valence-corrected chi connectivity index (χ2v) is 10.1. The molecule has 0 saturated carbocycles. The molecule has 0 amide bonds. The van der Waals surface area contributed by atoms with E-state index in [1.54, 1.807) is 0 Å². The lowest BCUT2D eigenvalue weighted by Crippen LogP contribution is -2.40. The van der Waals surface area contributed by atoms with E-state index < -0.39 is 7.12 Å². The van der Waals surface area contributed by atoms with Crippen molar-refractivity contribution in [3.05, 3.63) is 82.4 Å². The highest BCUT2D eigenvalue weighted by Crippen LogP contribution is 2.53. The SMILES string of the molecule is CN1CCc2cccc(-c3cc(B(O)O)cc4c3C(C)(C)c3ccccc3C4(C)C)c21. The Balaban J connectivity index is 1.91. The van der Waals surface area contributed by atoms with Crippen LogP contribution in [0.2, 0.25) is 0 Å². The van der Waals surface area contributed by atoms with Crippen LogP contribution in [-0.2, 0) is 17.3 Å². The van der Waals surface area contributed by atoms with Gasteiger partial charge in [0.15, 0.2) is 0 Å². The molecule has 0 spiro atoms. The van der Waals surface area contributed by atoms with Gasteiger partial charge in [0.1, 0.15) is 0 Å². The van der Waals surface area contributed by atoms with Crippen molar-refractivity contribution < 1.29 is 10.0 Å². The van der Waals surface area contributed by atoms with Crippen molar-refractivity contribution in [1.82, 2.24) is 0 Å². The highest BCUT2D eigenvalue weighted by atomic mass is 16.4. The molecule has 1 aliphatic carbocycles. The van der Waals surface area contributed by atoms with Crippen molar-refractivity contribution >= 4 is 18.3 Å². The summed E-state index contributed by atoms with van der Waals surface area (Å²) < 4.78 is 0. The van der Waals surface area contributed by atoms with Gasteiger partial charge < -0.3 is 14.9 Å². The molecule has 31 heavy (non-hydrogen) atoms. The first-order valence-electron chi connectivity index (χ1n) is 11.1. The van der Waals surface area contributed by atoms with Crippen LogP contribution >= 0.6 is 0 Å². The van der Waals surface area contributed by atoms with E-state index in [-0.39, 0.29) is 10.8 Å². The number of hydrogen-bond acceptors (Lipinski definition) is 3. The lowest BCUT2D eigenvalue weighted by Gasteiger charge is -2.45. The first kappa shape index (κ1) is 20.4. The molecular formula is C27H30BNO2. The number of para-hydroxylation sites is 1. The van der Waals surface area contributed by atoms with Crippen LogP contribution in [0.4, 0.5) is 5.69 Å². The zero-order valence-corrected chi connectivity index (χ0v) is 19.0. The molecule has 1 heterocycles. The first-order valence-corrected chi connectivity index (χ1v) is 11.1. The quantitative estimate of drug-likeness (QED) is 0.627. The minimum Gasteiger partial charge on any atom is -0.423 e. The Morgan fingerprint density at radius 3 is 2.16 bits per heavy atom. The van der Waals surface area contributed by atoms with Gasteiger partial charge >= 0.3 is 7.12 Å². The van der Waals surface area contributed by atoms with Crippen molar-refractivity contribution in [2.45, 2.75) is 44.9 Å². The van der Waals surface area contributed by atoms with E-state index in [1.807, 2.05) is 12.1 Å². The normalized spacial score (nSPS) is 17.7. The summed E-state index contributed by atoms with van der Waals surface area (Å²) in [6.45, 7) is 10.1. The number of fused-ring (bicyclic) bond motifs is 3. The second-order valence-electron chi connectivity index (χ2n) is 10.1. The van der Waals surface area contributed by atoms with Crippen LogP contribution in [0.15, 0.2) is 54.6 Å². The zero-order chi connectivity index (χ0) is 22.1. The van der Waals surface area contributed by atoms with Gasteiger partial charge in [0, 0.05) is 35.7 Å². The third-order valence-electron chi connectivity index (χ3n) is 7.54. The van der Waals surface area contributed by atoms with Crippen LogP contribution in [0.3, 0.4) is 0 Å². The monoisotopic (exact) mass is 411 g/mol. The van der Waals surface area contributed by atoms with E-state index in [1.165, 1.54) is 39.1 Å². The maximum absolute atomic E-state index is 10.2. The van der Waals surface area contributed by atoms with E-state index in [9.17, 15) is 10.0 Å². The van der Waals surface area contributed by atoms with Gasteiger partial charge in [-0.05, 0) is 45.3 Å². The summed E-state index contributed by atoms with van der Waals surface area (Å²) in [6, 6.07) is 19.2. The Labute approximate surface area is 185 Å². The average molecular weight is 411 g/mol. The van der Waals surface area contributed by atoms with Gasteiger partial charge in [0.05, 0.1) is 0 Å². The van der Waals surface area contributed by atoms with Crippen molar-refractivity contribution in [1.29, 1.82) is 0 Å². The molecule has 3 nitrogen and oxygen atoms in total. The molecule has 0 fully saturated rings. The van der Waals surface area contributed by atoms with Gasteiger partial charge in [-0.3, -0.25) is 0 Å². The molecule has 4 heteroatoms. The third kappa shape index (κ3) is 2.82. The third-order valence-corrected chi connectivity index (χ3v) is 7.54. The topological polar surface area (TPSA) is 43.7 Å². The fourth-order valence-electron chi connectivity index (χ4n) is 5.91. The molecule has 0 radical (unpaired) electrons. The van der Waals surface area contributed by atoms with Gasteiger partial charge in [-0.15, -0.1) is 0 Å². The zero-order valence-electron chi connectivity index (χ0n) is 19.0. The Bertz CT molecular complexity index is 1200. The summed E-state index contributed by atoms with van der Waals surface area (Å²) in [6.07, 6.45) is 1.04. The van der Waals surface area contributed by atoms with Gasteiger partial charge in [0.25, 0.3) is 0 Å². The minimum absolute atomic E-state index is 0.213. The van der Waals surface area contributed by atoms with Crippen molar-refractivity contribution in [2.24, 2.45) is 0 Å². The first-order chi connectivity index (χ1) is 14.6. The van der Waals surface area contributed by atoms with Crippen LogP contribution in [0, 0.1) is 0 Å². The Morgan fingerprint density at radius 1 is 0.806 bits per heavy atom. The van der Waals surface area contributed by atoms with E-state index in [2.05, 4.69) is 82.1 Å². The number of rotatable bonds is 2. The highest BCUT2D eigenvalue weighted by molar-refractivity contribution is 6.58. The molecular weight excluding hydrogens is 381 g/mol. The fourth-order valence-corrected chi connectivity index (χ4v) is 5.91. The lowest BCUT2D eigenvalue weighted by molar-refractivity contribution is 0.425. The average Bonchev–Trinajstić information content (AvgIpc) is 3.13. The largest absolute Gasteiger partial charge is 0.488 e. The van der Waals surface area contributed by atoms with Crippen molar-refractivity contribution in [2.75, 3.05) is 18.5 Å². The minimum atomic E-state index is -1.50. The molecule has 1 aliphatic heterocycles. The number of nitrogens with zero attached hydrogens (tertiary/aromatic N) is 1. The van der Waals surface area contributed by atoms with Gasteiger partial charge in [-0.1, -0.05) is 82.3 Å². The Hall–Kier alpha value is -2.56. The summed E-state index contributed by atoms with van der Waals surface area (Å²) in [5.41, 5.74) is 10.1. The molecule has 5 rings (SSSR count). The molecule has 2 aliphatic rings. The van der Waals surface area contributed by atoms with Gasteiger partial charge in [-0.2, -0.15) is 0 Å². The second kappa shape index (κ2) is 6.72. The molecule has 0 bridgehead atoms. The summed E-state index contributed by atoms with van der Waals surface area (Å²) in [7, 11) is 0.645. The van der Waals surface area contributed by atoms with E-state index in [0.29, 0.717) is 5.46 Å². The number of benzene rings is 3. The van der Waals surface area contributed by atoms with E-state index >= 15 is 0 Å². The van der Waals surface area contributed by atoms with Crippen LogP contribution in [0.5, 0.6) is 0 Å². The van der Waals surface area contributed by atoms with Crippen LogP contribution in [0.1, 0.15) is 55.5 Å². The van der Waals surface area contributed by atoms with Gasteiger partial charge in [-0.25, -0.2) is 0 Å². The smallest absolute Gasteiger partial charge is 0.423 e.